The Balaban J connectivity index is 1.41. The lowest BCUT2D eigenvalue weighted by Gasteiger charge is -2.39. The molecule has 2 heterocycles. The fourth-order valence-corrected chi connectivity index (χ4v) is 6.35. The Labute approximate surface area is 207 Å². The molecule has 2 aliphatic heterocycles. The quantitative estimate of drug-likeness (QED) is 0.574. The predicted octanol–water partition coefficient (Wildman–Crippen LogP) is 2.46. The number of benzene rings is 2. The molecule has 1 amide bonds. The number of anilines is 1. The number of hydrogen-bond acceptors (Lipinski definition) is 7. The summed E-state index contributed by atoms with van der Waals surface area (Å²) >= 11 is 0. The zero-order valence-corrected chi connectivity index (χ0v) is 21.3. The predicted molar refractivity (Wildman–Crippen MR) is 133 cm³/mol. The van der Waals surface area contributed by atoms with Crippen molar-refractivity contribution in [1.29, 1.82) is 0 Å². The first kappa shape index (κ1) is 25.1. The summed E-state index contributed by atoms with van der Waals surface area (Å²) in [4.78, 5) is 17.6. The van der Waals surface area contributed by atoms with Gasteiger partial charge >= 0.3 is 0 Å². The van der Waals surface area contributed by atoms with Crippen molar-refractivity contribution in [2.45, 2.75) is 17.7 Å². The monoisotopic (exact) mass is 503 g/mol. The molecule has 2 aliphatic rings. The lowest BCUT2D eigenvalue weighted by Crippen LogP contribution is -2.53. The van der Waals surface area contributed by atoms with E-state index in [9.17, 15) is 13.2 Å². The molecule has 0 aromatic heterocycles. The number of carbonyl (C=O) groups excluding carboxylic acids is 1. The van der Waals surface area contributed by atoms with E-state index in [0.29, 0.717) is 57.1 Å². The molecule has 190 valence electrons. The average Bonchev–Trinajstić information content (AvgIpc) is 2.92. The van der Waals surface area contributed by atoms with E-state index in [1.165, 1.54) is 30.7 Å². The standard InChI is InChI=1S/C25H33N3O6S/c1-32-22-9-5-4-8-21(22)26-13-15-27(16-14-26)25(29)19-7-6-12-28(18-19)35(30,31)20-10-11-23(33-2)24(17-20)34-3/h4-5,8-11,17,19H,6-7,12-16,18H2,1-3H3/t19-/m0/s1. The fourth-order valence-electron chi connectivity index (χ4n) is 4.81. The third-order valence-electron chi connectivity index (χ3n) is 6.74. The molecule has 35 heavy (non-hydrogen) atoms. The van der Waals surface area contributed by atoms with Crippen LogP contribution in [0.2, 0.25) is 0 Å². The van der Waals surface area contributed by atoms with Crippen LogP contribution in [0, 0.1) is 5.92 Å². The number of rotatable bonds is 7. The molecule has 2 fully saturated rings. The molecule has 0 spiro atoms. The summed E-state index contributed by atoms with van der Waals surface area (Å²) in [6.45, 7) is 3.16. The maximum atomic E-state index is 13.3. The minimum atomic E-state index is -3.76. The van der Waals surface area contributed by atoms with Gasteiger partial charge in [0, 0.05) is 45.3 Å². The van der Waals surface area contributed by atoms with Crippen LogP contribution in [0.15, 0.2) is 47.4 Å². The first-order valence-corrected chi connectivity index (χ1v) is 13.2. The van der Waals surface area contributed by atoms with Crippen LogP contribution >= 0.6 is 0 Å². The first-order valence-electron chi connectivity index (χ1n) is 11.8. The second-order valence-electron chi connectivity index (χ2n) is 8.70. The van der Waals surface area contributed by atoms with Crippen LogP contribution in [0.5, 0.6) is 17.2 Å². The van der Waals surface area contributed by atoms with Gasteiger partial charge in [-0.1, -0.05) is 12.1 Å². The van der Waals surface area contributed by atoms with Crippen LogP contribution in [-0.4, -0.2) is 84.1 Å². The third-order valence-corrected chi connectivity index (χ3v) is 8.60. The lowest BCUT2D eigenvalue weighted by molar-refractivity contribution is -0.137. The van der Waals surface area contributed by atoms with Gasteiger partial charge in [-0.2, -0.15) is 4.31 Å². The highest BCUT2D eigenvalue weighted by Gasteiger charge is 2.36. The molecule has 0 N–H and O–H groups in total. The van der Waals surface area contributed by atoms with Crippen molar-refractivity contribution in [1.82, 2.24) is 9.21 Å². The minimum Gasteiger partial charge on any atom is -0.495 e. The largest absolute Gasteiger partial charge is 0.495 e. The molecular formula is C25H33N3O6S. The second-order valence-corrected chi connectivity index (χ2v) is 10.6. The molecule has 0 saturated carbocycles. The van der Waals surface area contributed by atoms with E-state index in [0.717, 1.165) is 11.4 Å². The van der Waals surface area contributed by atoms with Gasteiger partial charge in [-0.15, -0.1) is 0 Å². The topological polar surface area (TPSA) is 88.6 Å². The molecule has 10 heteroatoms. The highest BCUT2D eigenvalue weighted by Crippen LogP contribution is 2.33. The molecule has 0 aliphatic carbocycles. The zero-order valence-electron chi connectivity index (χ0n) is 20.5. The van der Waals surface area contributed by atoms with Crippen LogP contribution in [0.1, 0.15) is 12.8 Å². The molecule has 2 aromatic carbocycles. The average molecular weight is 504 g/mol. The van der Waals surface area contributed by atoms with Crippen molar-refractivity contribution >= 4 is 21.6 Å². The van der Waals surface area contributed by atoms with E-state index in [1.54, 1.807) is 13.2 Å². The van der Waals surface area contributed by atoms with Crippen LogP contribution in [-0.2, 0) is 14.8 Å². The minimum absolute atomic E-state index is 0.0249. The molecule has 2 saturated heterocycles. The summed E-state index contributed by atoms with van der Waals surface area (Å²) in [6, 6.07) is 12.4. The van der Waals surface area contributed by atoms with Gasteiger partial charge < -0.3 is 24.0 Å². The first-order chi connectivity index (χ1) is 16.9. The van der Waals surface area contributed by atoms with E-state index >= 15 is 0 Å². The summed E-state index contributed by atoms with van der Waals surface area (Å²) in [6.07, 6.45) is 1.33. The number of para-hydroxylation sites is 2. The molecule has 4 rings (SSSR count). The van der Waals surface area contributed by atoms with Crippen molar-refractivity contribution in [3.63, 3.8) is 0 Å². The van der Waals surface area contributed by atoms with E-state index in [-0.39, 0.29) is 23.3 Å². The maximum Gasteiger partial charge on any atom is 0.243 e. The number of carbonyl (C=O) groups is 1. The van der Waals surface area contributed by atoms with Gasteiger partial charge in [0.2, 0.25) is 15.9 Å². The van der Waals surface area contributed by atoms with Crippen LogP contribution in [0.4, 0.5) is 5.69 Å². The van der Waals surface area contributed by atoms with Crippen LogP contribution in [0.25, 0.3) is 0 Å². The molecule has 0 unspecified atom stereocenters. The van der Waals surface area contributed by atoms with E-state index in [4.69, 9.17) is 14.2 Å². The highest BCUT2D eigenvalue weighted by molar-refractivity contribution is 7.89. The van der Waals surface area contributed by atoms with Gasteiger partial charge in [-0.05, 0) is 37.1 Å². The summed E-state index contributed by atoms with van der Waals surface area (Å²) in [5.41, 5.74) is 1.02. The summed E-state index contributed by atoms with van der Waals surface area (Å²) < 4.78 is 44.1. The Hall–Kier alpha value is -2.98. The highest BCUT2D eigenvalue weighted by atomic mass is 32.2. The van der Waals surface area contributed by atoms with E-state index in [2.05, 4.69) is 4.90 Å². The van der Waals surface area contributed by atoms with E-state index < -0.39 is 10.0 Å². The Kier molecular flexibility index (Phi) is 7.71. The number of sulfonamides is 1. The van der Waals surface area contributed by atoms with Gasteiger partial charge in [-0.3, -0.25) is 4.79 Å². The summed E-state index contributed by atoms with van der Waals surface area (Å²) in [7, 11) is 0.865. The fraction of sp³-hybridized carbons (Fsp3) is 0.480. The summed E-state index contributed by atoms with van der Waals surface area (Å²) in [5, 5.41) is 0. The van der Waals surface area contributed by atoms with Crippen molar-refractivity contribution in [2.75, 3.05) is 65.5 Å². The van der Waals surface area contributed by atoms with Gasteiger partial charge in [0.15, 0.2) is 11.5 Å². The van der Waals surface area contributed by atoms with Crippen LogP contribution < -0.4 is 19.1 Å². The van der Waals surface area contributed by atoms with Crippen molar-refractivity contribution in [3.05, 3.63) is 42.5 Å². The Morgan fingerprint density at radius 3 is 2.23 bits per heavy atom. The molecule has 1 atom stereocenters. The lowest BCUT2D eigenvalue weighted by atomic mass is 9.97. The van der Waals surface area contributed by atoms with Gasteiger partial charge in [0.1, 0.15) is 5.75 Å². The SMILES string of the molecule is COc1ccc(S(=O)(=O)N2CCC[C@H](C(=O)N3CCN(c4ccccc4OC)CC3)C2)cc1OC. The van der Waals surface area contributed by atoms with E-state index in [1.807, 2.05) is 29.2 Å². The van der Waals surface area contributed by atoms with Gasteiger partial charge in [-0.25, -0.2) is 8.42 Å². The van der Waals surface area contributed by atoms with Crippen LogP contribution in [0.3, 0.4) is 0 Å². The molecule has 0 radical (unpaired) electrons. The summed E-state index contributed by atoms with van der Waals surface area (Å²) in [5.74, 6) is 1.31. The molecule has 0 bridgehead atoms. The van der Waals surface area contributed by atoms with Crippen molar-refractivity contribution < 1.29 is 27.4 Å². The third kappa shape index (κ3) is 5.18. The van der Waals surface area contributed by atoms with Crippen molar-refractivity contribution in [3.8, 4) is 17.2 Å². The zero-order chi connectivity index (χ0) is 25.0. The maximum absolute atomic E-state index is 13.3. The molecular weight excluding hydrogens is 470 g/mol. The Morgan fingerprint density at radius 1 is 0.857 bits per heavy atom. The number of ether oxygens (including phenoxy) is 3. The molecule has 2 aromatic rings. The number of methoxy groups -OCH3 is 3. The van der Waals surface area contributed by atoms with Gasteiger partial charge in [0.05, 0.1) is 37.8 Å². The molecule has 9 nitrogen and oxygen atoms in total. The number of amides is 1. The number of nitrogens with zero attached hydrogens (tertiary/aromatic N) is 3. The number of hydrogen-bond donors (Lipinski definition) is 0. The van der Waals surface area contributed by atoms with Gasteiger partial charge in [0.25, 0.3) is 0 Å². The number of piperidine rings is 1. The Bertz CT molecular complexity index is 1150. The second kappa shape index (κ2) is 10.7. The smallest absolute Gasteiger partial charge is 0.243 e. The Morgan fingerprint density at radius 2 is 1.54 bits per heavy atom. The normalized spacial score (nSPS) is 19.3. The van der Waals surface area contributed by atoms with Crippen molar-refractivity contribution in [2.24, 2.45) is 5.92 Å². The number of piperazine rings is 1.